The third kappa shape index (κ3) is 4.60. The summed E-state index contributed by atoms with van der Waals surface area (Å²) in [7, 11) is 0. The first-order valence-corrected chi connectivity index (χ1v) is 10.5. The molecule has 1 amide bonds. The molecule has 7 heteroatoms. The average molecular weight is 401 g/mol. The van der Waals surface area contributed by atoms with E-state index in [2.05, 4.69) is 18.9 Å². The maximum Gasteiger partial charge on any atom is 0.339 e. The predicted octanol–water partition coefficient (Wildman–Crippen LogP) is 3.80. The zero-order valence-electron chi connectivity index (χ0n) is 18.3. The number of hydrogen-bond donors (Lipinski definition) is 0. The minimum atomic E-state index is -0.505. The number of nitrogens with zero attached hydrogens (tertiary/aromatic N) is 4. The molecule has 2 atom stereocenters. The molecule has 0 saturated carbocycles. The summed E-state index contributed by atoms with van der Waals surface area (Å²) in [5.41, 5.74) is 1.89. The van der Waals surface area contributed by atoms with Gasteiger partial charge >= 0.3 is 5.97 Å². The van der Waals surface area contributed by atoms with Crippen LogP contribution in [0.3, 0.4) is 0 Å². The number of aromatic nitrogens is 3. The summed E-state index contributed by atoms with van der Waals surface area (Å²) in [4.78, 5) is 32.0. The molecule has 0 spiro atoms. The lowest BCUT2D eigenvalue weighted by molar-refractivity contribution is -0.137. The molecule has 0 radical (unpaired) electrons. The summed E-state index contributed by atoms with van der Waals surface area (Å²) >= 11 is 0. The topological polar surface area (TPSA) is 77.3 Å². The highest BCUT2D eigenvalue weighted by Gasteiger charge is 2.27. The van der Waals surface area contributed by atoms with E-state index in [4.69, 9.17) is 9.72 Å². The van der Waals surface area contributed by atoms with Crippen LogP contribution in [-0.4, -0.2) is 51.2 Å². The molecular formula is C22H32N4O3. The van der Waals surface area contributed by atoms with Crippen molar-refractivity contribution in [3.63, 3.8) is 0 Å². The van der Waals surface area contributed by atoms with Crippen LogP contribution in [0.5, 0.6) is 0 Å². The molecule has 0 N–H and O–H groups in total. The number of pyridine rings is 1. The Morgan fingerprint density at radius 2 is 1.83 bits per heavy atom. The van der Waals surface area contributed by atoms with E-state index in [-0.39, 0.29) is 24.5 Å². The number of carbonyl (C=O) groups excluding carboxylic acids is 2. The fourth-order valence-corrected chi connectivity index (χ4v) is 4.04. The minimum absolute atomic E-state index is 0.121. The van der Waals surface area contributed by atoms with E-state index in [1.165, 1.54) is 0 Å². The zero-order valence-corrected chi connectivity index (χ0v) is 18.3. The van der Waals surface area contributed by atoms with E-state index in [1.807, 2.05) is 32.6 Å². The molecule has 0 aliphatic carbocycles. The third-order valence-electron chi connectivity index (χ3n) is 5.44. The van der Waals surface area contributed by atoms with Crippen LogP contribution in [0.25, 0.3) is 11.0 Å². The molecule has 7 nitrogen and oxygen atoms in total. The highest BCUT2D eigenvalue weighted by molar-refractivity contribution is 6.03. The van der Waals surface area contributed by atoms with Crippen LogP contribution in [0, 0.1) is 11.8 Å². The second-order valence-electron chi connectivity index (χ2n) is 8.99. The molecule has 0 unspecified atom stereocenters. The summed E-state index contributed by atoms with van der Waals surface area (Å²) in [6.07, 6.45) is 2.77. The van der Waals surface area contributed by atoms with E-state index in [0.29, 0.717) is 28.4 Å². The number of esters is 1. The van der Waals surface area contributed by atoms with E-state index >= 15 is 0 Å². The van der Waals surface area contributed by atoms with E-state index < -0.39 is 5.97 Å². The number of amides is 1. The Morgan fingerprint density at radius 1 is 1.17 bits per heavy atom. The normalized spacial score (nSPS) is 19.9. The van der Waals surface area contributed by atoms with Crippen molar-refractivity contribution in [1.82, 2.24) is 19.7 Å². The lowest BCUT2D eigenvalue weighted by Gasteiger charge is -2.34. The standard InChI is InChI=1S/C22H32N4O3/c1-13(2)19-8-17(18-9-23-26(14(3)4)21(18)24-19)22(28)29-12-20(27)25-10-15(5)7-16(6)11-25/h8-9,13-16H,7,10-12H2,1-6H3/t15-,16+. The van der Waals surface area contributed by atoms with Gasteiger partial charge in [0.25, 0.3) is 5.91 Å². The van der Waals surface area contributed by atoms with Crippen molar-refractivity contribution in [2.24, 2.45) is 11.8 Å². The van der Waals surface area contributed by atoms with Crippen molar-refractivity contribution >= 4 is 22.9 Å². The molecule has 29 heavy (non-hydrogen) atoms. The maximum absolute atomic E-state index is 12.9. The highest BCUT2D eigenvalue weighted by Crippen LogP contribution is 2.25. The third-order valence-corrected chi connectivity index (χ3v) is 5.44. The fourth-order valence-electron chi connectivity index (χ4n) is 4.04. The molecule has 2 aromatic heterocycles. The summed E-state index contributed by atoms with van der Waals surface area (Å²) in [5, 5.41) is 5.05. The lowest BCUT2D eigenvalue weighted by Crippen LogP contribution is -2.44. The summed E-state index contributed by atoms with van der Waals surface area (Å²) in [5.74, 6) is 0.444. The molecular weight excluding hydrogens is 368 g/mol. The fraction of sp³-hybridized carbons (Fsp3) is 0.636. The van der Waals surface area contributed by atoms with Crippen LogP contribution in [0.1, 0.15) is 76.0 Å². The Bertz CT molecular complexity index is 893. The monoisotopic (exact) mass is 400 g/mol. The van der Waals surface area contributed by atoms with Gasteiger partial charge in [0.05, 0.1) is 17.1 Å². The Kier molecular flexibility index (Phi) is 6.24. The first kappa shape index (κ1) is 21.3. The van der Waals surface area contributed by atoms with Crippen LogP contribution in [0.15, 0.2) is 12.3 Å². The van der Waals surface area contributed by atoms with Gasteiger partial charge in [-0.25, -0.2) is 14.5 Å². The largest absolute Gasteiger partial charge is 0.452 e. The predicted molar refractivity (Wildman–Crippen MR) is 112 cm³/mol. The van der Waals surface area contributed by atoms with Crippen molar-refractivity contribution in [2.45, 2.75) is 59.9 Å². The number of fused-ring (bicyclic) bond motifs is 1. The summed E-state index contributed by atoms with van der Waals surface area (Å²) in [6, 6.07) is 1.88. The number of piperidine rings is 1. The number of likely N-dealkylation sites (tertiary alicyclic amines) is 1. The zero-order chi connectivity index (χ0) is 21.3. The van der Waals surface area contributed by atoms with Crippen LogP contribution in [0.4, 0.5) is 0 Å². The van der Waals surface area contributed by atoms with Crippen molar-refractivity contribution in [1.29, 1.82) is 0 Å². The molecule has 0 aromatic carbocycles. The molecule has 2 aromatic rings. The summed E-state index contributed by atoms with van der Waals surface area (Å²) < 4.78 is 7.24. The average Bonchev–Trinajstić information content (AvgIpc) is 3.08. The van der Waals surface area contributed by atoms with Gasteiger partial charge < -0.3 is 9.64 Å². The van der Waals surface area contributed by atoms with Crippen LogP contribution < -0.4 is 0 Å². The number of hydrogen-bond acceptors (Lipinski definition) is 5. The van der Waals surface area contributed by atoms with Gasteiger partial charge in [0.2, 0.25) is 0 Å². The lowest BCUT2D eigenvalue weighted by atomic mass is 9.92. The van der Waals surface area contributed by atoms with E-state index in [0.717, 1.165) is 25.2 Å². The maximum atomic E-state index is 12.9. The first-order chi connectivity index (χ1) is 13.7. The van der Waals surface area contributed by atoms with Crippen LogP contribution >= 0.6 is 0 Å². The van der Waals surface area contributed by atoms with Crippen LogP contribution in [-0.2, 0) is 9.53 Å². The van der Waals surface area contributed by atoms with Gasteiger partial charge in [-0.3, -0.25) is 4.79 Å². The van der Waals surface area contributed by atoms with Gasteiger partial charge in [0, 0.05) is 24.8 Å². The van der Waals surface area contributed by atoms with Crippen LogP contribution in [0.2, 0.25) is 0 Å². The van der Waals surface area contributed by atoms with Gasteiger partial charge in [-0.1, -0.05) is 27.7 Å². The van der Waals surface area contributed by atoms with E-state index in [9.17, 15) is 9.59 Å². The first-order valence-electron chi connectivity index (χ1n) is 10.5. The Balaban J connectivity index is 1.80. The SMILES string of the molecule is CC(C)c1cc(C(=O)OCC(=O)N2C[C@H](C)C[C@H](C)C2)c2cnn(C(C)C)c2n1. The van der Waals surface area contributed by atoms with E-state index in [1.54, 1.807) is 16.9 Å². The highest BCUT2D eigenvalue weighted by atomic mass is 16.5. The molecule has 1 saturated heterocycles. The molecule has 3 heterocycles. The molecule has 1 aliphatic heterocycles. The van der Waals surface area contributed by atoms with Gasteiger partial charge in [-0.15, -0.1) is 0 Å². The second-order valence-corrected chi connectivity index (χ2v) is 8.99. The molecule has 158 valence electrons. The number of carbonyl (C=O) groups is 2. The Hall–Kier alpha value is -2.44. The second kappa shape index (κ2) is 8.51. The minimum Gasteiger partial charge on any atom is -0.452 e. The smallest absolute Gasteiger partial charge is 0.339 e. The summed E-state index contributed by atoms with van der Waals surface area (Å²) in [6.45, 7) is 13.6. The quantitative estimate of drug-likeness (QED) is 0.714. The Labute approximate surface area is 172 Å². The van der Waals surface area contributed by atoms with Crippen molar-refractivity contribution in [3.8, 4) is 0 Å². The van der Waals surface area contributed by atoms with Gasteiger partial charge in [-0.05, 0) is 44.1 Å². The van der Waals surface area contributed by atoms with Gasteiger partial charge in [0.15, 0.2) is 12.3 Å². The number of ether oxygens (including phenoxy) is 1. The van der Waals surface area contributed by atoms with Gasteiger partial charge in [-0.2, -0.15) is 5.10 Å². The molecule has 0 bridgehead atoms. The van der Waals surface area contributed by atoms with Crippen molar-refractivity contribution in [3.05, 3.63) is 23.5 Å². The van der Waals surface area contributed by atoms with Crippen molar-refractivity contribution < 1.29 is 14.3 Å². The molecule has 3 rings (SSSR count). The van der Waals surface area contributed by atoms with Gasteiger partial charge in [0.1, 0.15) is 0 Å². The molecule has 1 aliphatic rings. The number of rotatable bonds is 5. The Morgan fingerprint density at radius 3 is 2.41 bits per heavy atom. The van der Waals surface area contributed by atoms with Crippen molar-refractivity contribution in [2.75, 3.05) is 19.7 Å². The molecule has 1 fully saturated rings.